The number of hydrogen-bond acceptors (Lipinski definition) is 6. The third-order valence-corrected chi connectivity index (χ3v) is 5.24. The molecule has 2 aliphatic rings. The van der Waals surface area contributed by atoms with Gasteiger partial charge in [-0.3, -0.25) is 4.90 Å². The maximum Gasteiger partial charge on any atom is 0.410 e. The molecule has 10 heteroatoms. The Kier molecular flexibility index (Phi) is 4.52. The lowest BCUT2D eigenvalue weighted by molar-refractivity contribution is 0.0123. The maximum atomic E-state index is 14.3. The van der Waals surface area contributed by atoms with Crippen molar-refractivity contribution >= 4 is 34.4 Å². The van der Waals surface area contributed by atoms with Crippen LogP contribution in [0.4, 0.5) is 19.4 Å². The average Bonchev–Trinajstić information content (AvgIpc) is 2.87. The maximum absolute atomic E-state index is 14.3. The van der Waals surface area contributed by atoms with Crippen molar-refractivity contribution in [2.45, 2.75) is 51.3 Å². The Morgan fingerprint density at radius 2 is 1.86 bits per heavy atom. The first-order valence-electron chi connectivity index (χ1n) is 9.07. The normalized spacial score (nSPS) is 22.1. The SMILES string of the molecule is CC(C)(C)OC(=O)N1[C@@H]2CC[C@H]1CN(c1nc(F)nc3c(F)c(Cl)ncc13)C2. The third-order valence-electron chi connectivity index (χ3n) is 4.98. The Hall–Kier alpha value is -2.29. The van der Waals surface area contributed by atoms with E-state index < -0.39 is 17.5 Å². The molecule has 2 atom stereocenters. The Morgan fingerprint density at radius 3 is 2.46 bits per heavy atom. The first-order chi connectivity index (χ1) is 13.1. The van der Waals surface area contributed by atoms with E-state index in [1.165, 1.54) is 6.20 Å². The Balaban J connectivity index is 1.65. The summed E-state index contributed by atoms with van der Waals surface area (Å²) in [5.41, 5.74) is -0.785. The molecule has 0 unspecified atom stereocenters. The second kappa shape index (κ2) is 6.65. The van der Waals surface area contributed by atoms with Gasteiger partial charge in [-0.05, 0) is 33.6 Å². The summed E-state index contributed by atoms with van der Waals surface area (Å²) in [4.78, 5) is 27.4. The number of hydrogen-bond donors (Lipinski definition) is 0. The Bertz CT molecular complexity index is 938. The van der Waals surface area contributed by atoms with Crippen LogP contribution in [0, 0.1) is 11.9 Å². The van der Waals surface area contributed by atoms with Gasteiger partial charge in [-0.1, -0.05) is 11.6 Å². The van der Waals surface area contributed by atoms with Crippen LogP contribution in [0.2, 0.25) is 5.15 Å². The summed E-state index contributed by atoms with van der Waals surface area (Å²) in [6.07, 6.45) is 1.58. The fourth-order valence-corrected chi connectivity index (χ4v) is 4.06. The van der Waals surface area contributed by atoms with Crippen LogP contribution in [0.15, 0.2) is 6.20 Å². The van der Waals surface area contributed by atoms with Gasteiger partial charge in [-0.25, -0.2) is 14.2 Å². The lowest BCUT2D eigenvalue weighted by Crippen LogP contribution is -2.57. The minimum atomic E-state index is -1.04. The quantitative estimate of drug-likeness (QED) is 0.528. The molecule has 2 aliphatic heterocycles. The molecular weight excluding hydrogens is 392 g/mol. The van der Waals surface area contributed by atoms with Crippen molar-refractivity contribution < 1.29 is 18.3 Å². The van der Waals surface area contributed by atoms with Crippen LogP contribution in [-0.2, 0) is 4.74 Å². The molecule has 2 bridgehead atoms. The molecule has 150 valence electrons. The Morgan fingerprint density at radius 1 is 1.21 bits per heavy atom. The summed E-state index contributed by atoms with van der Waals surface area (Å²) in [7, 11) is 0. The highest BCUT2D eigenvalue weighted by molar-refractivity contribution is 6.30. The fourth-order valence-electron chi connectivity index (χ4n) is 3.92. The lowest BCUT2D eigenvalue weighted by atomic mass is 10.1. The van der Waals surface area contributed by atoms with Crippen LogP contribution in [0.1, 0.15) is 33.6 Å². The van der Waals surface area contributed by atoms with E-state index in [1.807, 2.05) is 25.7 Å². The van der Waals surface area contributed by atoms with Crippen LogP contribution in [-0.4, -0.2) is 56.7 Å². The van der Waals surface area contributed by atoms with E-state index in [0.717, 1.165) is 12.8 Å². The number of carbonyl (C=O) groups excluding carboxylic acids is 1. The number of halogens is 3. The van der Waals surface area contributed by atoms with Crippen LogP contribution in [0.5, 0.6) is 0 Å². The molecule has 2 fully saturated rings. The molecule has 0 aliphatic carbocycles. The molecule has 7 nitrogen and oxygen atoms in total. The molecule has 1 amide bonds. The molecule has 2 saturated heterocycles. The molecule has 28 heavy (non-hydrogen) atoms. The van der Waals surface area contributed by atoms with E-state index in [0.29, 0.717) is 13.1 Å². The van der Waals surface area contributed by atoms with E-state index in [1.54, 1.807) is 4.90 Å². The molecule has 2 aromatic rings. The fraction of sp³-hybridized carbons (Fsp3) is 0.556. The molecule has 0 N–H and O–H groups in total. The third kappa shape index (κ3) is 3.32. The number of fused-ring (bicyclic) bond motifs is 3. The van der Waals surface area contributed by atoms with Crippen molar-refractivity contribution in [2.24, 2.45) is 0 Å². The number of carbonyl (C=O) groups is 1. The molecule has 4 heterocycles. The molecule has 4 rings (SSSR count). The summed E-state index contributed by atoms with van der Waals surface area (Å²) in [5, 5.41) is -0.0835. The topological polar surface area (TPSA) is 71.5 Å². The van der Waals surface area contributed by atoms with Gasteiger partial charge in [0.25, 0.3) is 0 Å². The summed E-state index contributed by atoms with van der Waals surface area (Å²) >= 11 is 5.70. The first-order valence-corrected chi connectivity index (χ1v) is 9.45. The van der Waals surface area contributed by atoms with Gasteiger partial charge in [-0.15, -0.1) is 0 Å². The number of anilines is 1. The number of aromatic nitrogens is 3. The van der Waals surface area contributed by atoms with Crippen molar-refractivity contribution in [3.05, 3.63) is 23.2 Å². The largest absolute Gasteiger partial charge is 0.444 e. The molecular formula is C18H20ClF2N5O2. The van der Waals surface area contributed by atoms with Crippen molar-refractivity contribution in [2.75, 3.05) is 18.0 Å². The molecule has 2 aromatic heterocycles. The number of piperazine rings is 1. The highest BCUT2D eigenvalue weighted by Crippen LogP contribution is 2.36. The van der Waals surface area contributed by atoms with Crippen LogP contribution < -0.4 is 4.90 Å². The van der Waals surface area contributed by atoms with Crippen LogP contribution >= 0.6 is 11.6 Å². The summed E-state index contributed by atoms with van der Waals surface area (Å²) in [6.45, 7) is 6.35. The van der Waals surface area contributed by atoms with Gasteiger partial charge in [0.2, 0.25) is 0 Å². The standard InChI is InChI=1S/C18H20ClF2N5O2/c1-18(2,3)28-17(27)26-9-4-5-10(26)8-25(7-9)15-11-6-22-14(19)12(20)13(11)23-16(21)24-15/h6,9-10H,4-5,7-8H2,1-3H3/t9-,10+. The highest BCUT2D eigenvalue weighted by atomic mass is 35.5. The van der Waals surface area contributed by atoms with Crippen LogP contribution in [0.3, 0.4) is 0 Å². The zero-order valence-electron chi connectivity index (χ0n) is 15.7. The molecule has 0 saturated carbocycles. The second-order valence-electron chi connectivity index (χ2n) is 8.12. The van der Waals surface area contributed by atoms with Crippen molar-refractivity contribution in [1.29, 1.82) is 0 Å². The number of ether oxygens (including phenoxy) is 1. The molecule has 0 aromatic carbocycles. The van der Waals surface area contributed by atoms with Gasteiger partial charge < -0.3 is 9.64 Å². The zero-order valence-corrected chi connectivity index (χ0v) is 16.5. The smallest absolute Gasteiger partial charge is 0.410 e. The van der Waals surface area contributed by atoms with Gasteiger partial charge in [0.15, 0.2) is 11.0 Å². The second-order valence-corrected chi connectivity index (χ2v) is 8.48. The monoisotopic (exact) mass is 411 g/mol. The predicted octanol–water partition coefficient (Wildman–Crippen LogP) is 3.54. The van der Waals surface area contributed by atoms with Crippen molar-refractivity contribution in [1.82, 2.24) is 19.9 Å². The molecule has 0 spiro atoms. The van der Waals surface area contributed by atoms with Gasteiger partial charge in [-0.2, -0.15) is 14.4 Å². The first kappa shape index (κ1) is 19.0. The van der Waals surface area contributed by atoms with Gasteiger partial charge in [0.1, 0.15) is 16.9 Å². The summed E-state index contributed by atoms with van der Waals surface area (Å²) in [5.74, 6) is -0.622. The minimum absolute atomic E-state index is 0.0909. The van der Waals surface area contributed by atoms with E-state index >= 15 is 0 Å². The number of nitrogens with zero attached hydrogens (tertiary/aromatic N) is 5. The Labute approximate surface area is 165 Å². The predicted molar refractivity (Wildman–Crippen MR) is 99.4 cm³/mol. The van der Waals surface area contributed by atoms with E-state index in [4.69, 9.17) is 16.3 Å². The van der Waals surface area contributed by atoms with Gasteiger partial charge in [0, 0.05) is 19.3 Å². The number of rotatable bonds is 1. The van der Waals surface area contributed by atoms with E-state index in [-0.39, 0.29) is 40.1 Å². The van der Waals surface area contributed by atoms with Gasteiger partial charge in [0.05, 0.1) is 17.5 Å². The van der Waals surface area contributed by atoms with Crippen molar-refractivity contribution in [3.63, 3.8) is 0 Å². The zero-order chi connectivity index (χ0) is 20.2. The lowest BCUT2D eigenvalue weighted by Gasteiger charge is -2.42. The van der Waals surface area contributed by atoms with E-state index in [9.17, 15) is 13.6 Å². The van der Waals surface area contributed by atoms with Crippen LogP contribution in [0.25, 0.3) is 10.9 Å². The number of pyridine rings is 1. The summed E-state index contributed by atoms with van der Waals surface area (Å²) < 4.78 is 33.8. The minimum Gasteiger partial charge on any atom is -0.444 e. The highest BCUT2D eigenvalue weighted by Gasteiger charge is 2.45. The van der Waals surface area contributed by atoms with E-state index in [2.05, 4.69) is 15.0 Å². The average molecular weight is 412 g/mol. The molecule has 0 radical (unpaired) electrons. The van der Waals surface area contributed by atoms with Gasteiger partial charge >= 0.3 is 12.2 Å². The van der Waals surface area contributed by atoms with Crippen molar-refractivity contribution in [3.8, 4) is 0 Å². The number of amides is 1. The summed E-state index contributed by atoms with van der Waals surface area (Å²) in [6, 6.07) is -0.182.